The number of hydrogen-bond donors (Lipinski definition) is 1. The number of hydrogen-bond acceptors (Lipinski definition) is 2. The molecule has 0 aliphatic heterocycles. The lowest BCUT2D eigenvalue weighted by Crippen LogP contribution is -2.30. The lowest BCUT2D eigenvalue weighted by molar-refractivity contribution is 0.0998. The van der Waals surface area contributed by atoms with Crippen molar-refractivity contribution in [1.29, 1.82) is 0 Å². The van der Waals surface area contributed by atoms with Crippen molar-refractivity contribution in [3.05, 3.63) is 62.5 Å². The van der Waals surface area contributed by atoms with Gasteiger partial charge in [0.25, 0.3) is 5.91 Å². The number of para-hydroxylation sites is 1. The number of nitrogens with two attached hydrogens (primary N) is 1. The summed E-state index contributed by atoms with van der Waals surface area (Å²) in [7, 11) is 0. The third-order valence-corrected chi connectivity index (χ3v) is 4.20. The van der Waals surface area contributed by atoms with E-state index in [-0.39, 0.29) is 11.0 Å². The number of fused-ring (bicyclic) bond motifs is 1. The van der Waals surface area contributed by atoms with Gasteiger partial charge >= 0.3 is 0 Å². The lowest BCUT2D eigenvalue weighted by Gasteiger charge is -2.22. The molecule has 1 aliphatic carbocycles. The summed E-state index contributed by atoms with van der Waals surface area (Å²) in [5, 5.41) is 0.573. The van der Waals surface area contributed by atoms with Gasteiger partial charge in [-0.05, 0) is 37.8 Å². The zero-order valence-corrected chi connectivity index (χ0v) is 12.2. The van der Waals surface area contributed by atoms with Crippen LogP contribution < -0.4 is 11.2 Å². The molecule has 2 N–H and O–H groups in total. The van der Waals surface area contributed by atoms with Crippen molar-refractivity contribution in [1.82, 2.24) is 4.57 Å². The topological polar surface area (TPSA) is 65.1 Å². The number of primary amides is 1. The molecule has 0 fully saturated rings. The summed E-state index contributed by atoms with van der Waals surface area (Å²) >= 11 is 6.26. The predicted octanol–water partition coefficient (Wildman–Crippen LogP) is 2.47. The number of aromatic nitrogens is 1. The summed E-state index contributed by atoms with van der Waals surface area (Å²) in [4.78, 5) is 23.9. The first-order valence-corrected chi connectivity index (χ1v) is 7.29. The quantitative estimate of drug-likeness (QED) is 0.926. The Bertz CT molecular complexity index is 780. The normalized spacial score (nSPS) is 13.8. The Morgan fingerprint density at radius 2 is 1.90 bits per heavy atom. The minimum absolute atomic E-state index is 0.0237. The number of carbonyl (C=O) groups is 1. The molecule has 5 heteroatoms. The van der Waals surface area contributed by atoms with Gasteiger partial charge in [-0.25, -0.2) is 0 Å². The van der Waals surface area contributed by atoms with E-state index in [0.29, 0.717) is 17.0 Å². The van der Waals surface area contributed by atoms with Crippen LogP contribution >= 0.6 is 11.6 Å². The van der Waals surface area contributed by atoms with Crippen molar-refractivity contribution < 1.29 is 4.79 Å². The molecular formula is C16H15ClN2O2. The van der Waals surface area contributed by atoms with Crippen LogP contribution in [-0.4, -0.2) is 10.5 Å². The first-order chi connectivity index (χ1) is 10.1. The molecule has 2 aromatic rings. The van der Waals surface area contributed by atoms with Gasteiger partial charge in [0.05, 0.1) is 10.7 Å². The van der Waals surface area contributed by atoms with Gasteiger partial charge < -0.3 is 10.3 Å². The van der Waals surface area contributed by atoms with E-state index in [1.165, 1.54) is 6.20 Å². The van der Waals surface area contributed by atoms with Crippen molar-refractivity contribution in [2.24, 2.45) is 5.73 Å². The fraction of sp³-hybridized carbons (Fsp3) is 0.250. The van der Waals surface area contributed by atoms with E-state index in [0.717, 1.165) is 30.6 Å². The molecule has 0 saturated carbocycles. The summed E-state index contributed by atoms with van der Waals surface area (Å²) in [6.07, 6.45) is 4.98. The lowest BCUT2D eigenvalue weighted by atomic mass is 9.93. The Hall–Kier alpha value is -2.07. The van der Waals surface area contributed by atoms with E-state index in [1.54, 1.807) is 6.07 Å². The van der Waals surface area contributed by atoms with Gasteiger partial charge in [-0.1, -0.05) is 23.7 Å². The highest BCUT2D eigenvalue weighted by Gasteiger charge is 2.22. The predicted molar refractivity (Wildman–Crippen MR) is 82.2 cm³/mol. The average Bonchev–Trinajstić information content (AvgIpc) is 2.48. The van der Waals surface area contributed by atoms with Gasteiger partial charge in [0.1, 0.15) is 5.56 Å². The van der Waals surface area contributed by atoms with Gasteiger partial charge in [-0.2, -0.15) is 0 Å². The maximum atomic E-state index is 12.4. The second kappa shape index (κ2) is 5.37. The molecule has 1 amide bonds. The van der Waals surface area contributed by atoms with Crippen LogP contribution in [0.4, 0.5) is 0 Å². The molecule has 4 nitrogen and oxygen atoms in total. The van der Waals surface area contributed by atoms with Crippen LogP contribution in [0.1, 0.15) is 34.5 Å². The zero-order chi connectivity index (χ0) is 15.0. The van der Waals surface area contributed by atoms with Gasteiger partial charge in [-0.15, -0.1) is 0 Å². The molecule has 0 spiro atoms. The zero-order valence-electron chi connectivity index (χ0n) is 11.4. The molecule has 0 atom stereocenters. The van der Waals surface area contributed by atoms with Gasteiger partial charge in [0.15, 0.2) is 5.43 Å². The molecule has 0 radical (unpaired) electrons. The molecule has 3 rings (SSSR count). The minimum atomic E-state index is -0.700. The molecule has 1 heterocycles. The maximum absolute atomic E-state index is 12.4. The third kappa shape index (κ3) is 2.36. The van der Waals surface area contributed by atoms with Crippen molar-refractivity contribution in [2.45, 2.75) is 25.7 Å². The second-order valence-electron chi connectivity index (χ2n) is 5.19. The number of amides is 1. The van der Waals surface area contributed by atoms with Crippen LogP contribution in [-0.2, 0) is 12.8 Å². The minimum Gasteiger partial charge on any atom is -0.365 e. The van der Waals surface area contributed by atoms with E-state index in [2.05, 4.69) is 0 Å². The summed E-state index contributed by atoms with van der Waals surface area (Å²) in [5.41, 5.74) is 7.53. The Labute approximate surface area is 127 Å². The number of nitrogens with zero attached hydrogens (tertiary/aromatic N) is 1. The molecule has 108 valence electrons. The van der Waals surface area contributed by atoms with Gasteiger partial charge in [0, 0.05) is 17.5 Å². The summed E-state index contributed by atoms with van der Waals surface area (Å²) < 4.78 is 1.85. The molecule has 1 aromatic carbocycles. The van der Waals surface area contributed by atoms with Gasteiger partial charge in [0.2, 0.25) is 0 Å². The fourth-order valence-corrected chi connectivity index (χ4v) is 3.09. The number of rotatable bonds is 2. The van der Waals surface area contributed by atoms with Crippen LogP contribution in [0.15, 0.2) is 35.3 Å². The van der Waals surface area contributed by atoms with Crippen LogP contribution in [0.2, 0.25) is 5.02 Å². The number of pyridine rings is 1. The first-order valence-electron chi connectivity index (χ1n) is 6.91. The van der Waals surface area contributed by atoms with Crippen molar-refractivity contribution in [2.75, 3.05) is 0 Å². The maximum Gasteiger partial charge on any atom is 0.254 e. The summed E-state index contributed by atoms with van der Waals surface area (Å²) in [6.45, 7) is 0. The van der Waals surface area contributed by atoms with E-state index < -0.39 is 5.91 Å². The largest absolute Gasteiger partial charge is 0.365 e. The van der Waals surface area contributed by atoms with Crippen molar-refractivity contribution >= 4 is 17.5 Å². The first kappa shape index (κ1) is 13.9. The van der Waals surface area contributed by atoms with E-state index >= 15 is 0 Å². The molecule has 1 aromatic heterocycles. The highest BCUT2D eigenvalue weighted by Crippen LogP contribution is 2.26. The SMILES string of the molecule is NC(=O)c1cn(-c2ccccc2Cl)c2c(c1=O)CCCC2. The fourth-order valence-electron chi connectivity index (χ4n) is 2.87. The standard InChI is InChI=1S/C16H15ClN2O2/c17-12-6-2-4-8-14(12)19-9-11(16(18)21)15(20)10-5-1-3-7-13(10)19/h2,4,6,8-9H,1,3,5,7H2,(H2,18,21). The molecule has 0 saturated heterocycles. The molecular weight excluding hydrogens is 288 g/mol. The Balaban J connectivity index is 2.34. The van der Waals surface area contributed by atoms with Crippen molar-refractivity contribution in [3.63, 3.8) is 0 Å². The molecule has 0 bridgehead atoms. The number of carbonyl (C=O) groups excluding carboxylic acids is 1. The van der Waals surface area contributed by atoms with E-state index in [1.807, 2.05) is 22.8 Å². The summed E-state index contributed by atoms with van der Waals surface area (Å²) in [5.74, 6) is -0.700. The highest BCUT2D eigenvalue weighted by atomic mass is 35.5. The highest BCUT2D eigenvalue weighted by molar-refractivity contribution is 6.32. The molecule has 0 unspecified atom stereocenters. The monoisotopic (exact) mass is 302 g/mol. The molecule has 1 aliphatic rings. The average molecular weight is 303 g/mol. The second-order valence-corrected chi connectivity index (χ2v) is 5.60. The van der Waals surface area contributed by atoms with Crippen molar-refractivity contribution in [3.8, 4) is 5.69 Å². The molecule has 21 heavy (non-hydrogen) atoms. The van der Waals surface area contributed by atoms with Crippen LogP contribution in [0.25, 0.3) is 5.69 Å². The van der Waals surface area contributed by atoms with E-state index in [4.69, 9.17) is 17.3 Å². The Morgan fingerprint density at radius 1 is 1.19 bits per heavy atom. The van der Waals surface area contributed by atoms with Crippen LogP contribution in [0, 0.1) is 0 Å². The van der Waals surface area contributed by atoms with Gasteiger partial charge in [-0.3, -0.25) is 9.59 Å². The van der Waals surface area contributed by atoms with Crippen LogP contribution in [0.5, 0.6) is 0 Å². The Kier molecular flexibility index (Phi) is 3.55. The Morgan fingerprint density at radius 3 is 2.62 bits per heavy atom. The number of halogens is 1. The van der Waals surface area contributed by atoms with E-state index in [9.17, 15) is 9.59 Å². The van der Waals surface area contributed by atoms with Crippen LogP contribution in [0.3, 0.4) is 0 Å². The smallest absolute Gasteiger partial charge is 0.254 e. The summed E-state index contributed by atoms with van der Waals surface area (Å²) in [6, 6.07) is 7.37. The third-order valence-electron chi connectivity index (χ3n) is 3.88. The number of benzene rings is 1.